The molecule has 0 spiro atoms. The Balaban J connectivity index is 2.01. The first-order chi connectivity index (χ1) is 7.30. The van der Waals surface area contributed by atoms with Crippen LogP contribution in [0.1, 0.15) is 32.6 Å². The van der Waals surface area contributed by atoms with Gasteiger partial charge in [-0.25, -0.2) is 0 Å². The van der Waals surface area contributed by atoms with Gasteiger partial charge >= 0.3 is 0 Å². The number of hydrogen-bond acceptors (Lipinski definition) is 3. The highest BCUT2D eigenvalue weighted by Gasteiger charge is 2.40. The molecule has 2 fully saturated rings. The molecule has 0 aromatic rings. The maximum atomic E-state index is 6.03. The van der Waals surface area contributed by atoms with Crippen molar-refractivity contribution < 1.29 is 0 Å². The number of nitrogens with zero attached hydrogens (tertiary/aromatic N) is 1. The third kappa shape index (κ3) is 2.34. The zero-order valence-corrected chi connectivity index (χ0v) is 10.7. The molecular formula is C12H24N2S. The summed E-state index contributed by atoms with van der Waals surface area (Å²) in [5.41, 5.74) is 6.39. The molecule has 0 aromatic heterocycles. The molecule has 2 atom stereocenters. The fraction of sp³-hybridized carbons (Fsp3) is 1.00. The summed E-state index contributed by atoms with van der Waals surface area (Å²) in [5.74, 6) is 3.50. The monoisotopic (exact) mass is 228 g/mol. The summed E-state index contributed by atoms with van der Waals surface area (Å²) in [7, 11) is 0. The second-order valence-corrected chi connectivity index (χ2v) is 6.20. The van der Waals surface area contributed by atoms with Crippen LogP contribution < -0.4 is 5.73 Å². The van der Waals surface area contributed by atoms with Crippen molar-refractivity contribution in [2.24, 2.45) is 11.7 Å². The van der Waals surface area contributed by atoms with Crippen molar-refractivity contribution in [1.29, 1.82) is 0 Å². The van der Waals surface area contributed by atoms with Crippen molar-refractivity contribution >= 4 is 11.8 Å². The average Bonchev–Trinajstić information content (AvgIpc) is 2.79. The van der Waals surface area contributed by atoms with Crippen LogP contribution in [0.5, 0.6) is 0 Å². The Hall–Kier alpha value is 0.270. The first-order valence-electron chi connectivity index (χ1n) is 6.33. The van der Waals surface area contributed by atoms with Crippen LogP contribution in [0.2, 0.25) is 0 Å². The van der Waals surface area contributed by atoms with Gasteiger partial charge in [0.2, 0.25) is 0 Å². The van der Waals surface area contributed by atoms with Crippen molar-refractivity contribution in [2.75, 3.05) is 31.1 Å². The lowest BCUT2D eigenvalue weighted by Crippen LogP contribution is -2.57. The molecule has 2 aliphatic heterocycles. The molecule has 2 heterocycles. The zero-order valence-electron chi connectivity index (χ0n) is 9.87. The van der Waals surface area contributed by atoms with Gasteiger partial charge in [0, 0.05) is 24.4 Å². The molecule has 0 saturated carbocycles. The fourth-order valence-corrected chi connectivity index (χ4v) is 4.46. The molecule has 88 valence electrons. The van der Waals surface area contributed by atoms with Crippen molar-refractivity contribution in [3.05, 3.63) is 0 Å². The summed E-state index contributed by atoms with van der Waals surface area (Å²) in [6.45, 7) is 5.77. The molecule has 2 nitrogen and oxygen atoms in total. The second-order valence-electron chi connectivity index (χ2n) is 5.09. The number of hydrogen-bond donors (Lipinski definition) is 1. The summed E-state index contributed by atoms with van der Waals surface area (Å²) < 4.78 is 0. The van der Waals surface area contributed by atoms with E-state index in [0.29, 0.717) is 5.54 Å². The van der Waals surface area contributed by atoms with Crippen molar-refractivity contribution in [2.45, 2.75) is 38.1 Å². The molecule has 0 amide bonds. The smallest absolute Gasteiger partial charge is 0.0429 e. The molecular weight excluding hydrogens is 204 g/mol. The summed E-state index contributed by atoms with van der Waals surface area (Å²) >= 11 is 2.09. The maximum Gasteiger partial charge on any atom is 0.0429 e. The Bertz CT molecular complexity index is 202. The summed E-state index contributed by atoms with van der Waals surface area (Å²) in [5, 5.41) is 0. The third-order valence-electron chi connectivity index (χ3n) is 4.23. The van der Waals surface area contributed by atoms with Crippen LogP contribution in [-0.4, -0.2) is 41.6 Å². The van der Waals surface area contributed by atoms with Gasteiger partial charge in [-0.1, -0.05) is 13.3 Å². The van der Waals surface area contributed by atoms with Crippen LogP contribution in [0.25, 0.3) is 0 Å². The number of rotatable bonds is 3. The molecule has 3 heteroatoms. The Morgan fingerprint density at radius 2 is 2.40 bits per heavy atom. The predicted molar refractivity (Wildman–Crippen MR) is 68.3 cm³/mol. The maximum absolute atomic E-state index is 6.03. The summed E-state index contributed by atoms with van der Waals surface area (Å²) in [6, 6.07) is 0. The molecule has 15 heavy (non-hydrogen) atoms. The minimum atomic E-state index is 0.360. The van der Waals surface area contributed by atoms with Crippen molar-refractivity contribution in [3.8, 4) is 0 Å². The highest BCUT2D eigenvalue weighted by molar-refractivity contribution is 7.99. The van der Waals surface area contributed by atoms with Crippen LogP contribution >= 0.6 is 11.8 Å². The van der Waals surface area contributed by atoms with E-state index in [0.717, 1.165) is 12.5 Å². The zero-order chi connectivity index (χ0) is 10.7. The first-order valence-corrected chi connectivity index (χ1v) is 7.49. The molecule has 0 radical (unpaired) electrons. The molecule has 2 unspecified atom stereocenters. The molecule has 2 saturated heterocycles. The lowest BCUT2D eigenvalue weighted by molar-refractivity contribution is 0.0636. The van der Waals surface area contributed by atoms with Crippen LogP contribution in [0, 0.1) is 5.92 Å². The average molecular weight is 228 g/mol. The first kappa shape index (κ1) is 11.7. The summed E-state index contributed by atoms with van der Waals surface area (Å²) in [6.07, 6.45) is 5.46. The molecule has 2 aliphatic rings. The Kier molecular flexibility index (Phi) is 3.97. The van der Waals surface area contributed by atoms with Gasteiger partial charge in [-0.3, -0.25) is 4.90 Å². The minimum Gasteiger partial charge on any atom is -0.329 e. The minimum absolute atomic E-state index is 0.360. The van der Waals surface area contributed by atoms with E-state index in [1.54, 1.807) is 0 Å². The predicted octanol–water partition coefficient (Wildman–Crippen LogP) is 1.94. The number of piperidine rings is 1. The number of likely N-dealkylation sites (tertiary alicyclic amines) is 1. The van der Waals surface area contributed by atoms with Gasteiger partial charge in [0.15, 0.2) is 0 Å². The normalized spacial score (nSPS) is 38.4. The van der Waals surface area contributed by atoms with Gasteiger partial charge in [0.25, 0.3) is 0 Å². The highest BCUT2D eigenvalue weighted by atomic mass is 32.2. The SMILES string of the molecule is CCC1CCCN(C2(CN)CCSC2)C1. The standard InChI is InChI=1S/C12H24N2S/c1-2-11-4-3-6-14(8-11)12(9-13)5-7-15-10-12/h11H,2-10,13H2,1H3. The van der Waals surface area contributed by atoms with Gasteiger partial charge < -0.3 is 5.73 Å². The van der Waals surface area contributed by atoms with Crippen LogP contribution in [0.4, 0.5) is 0 Å². The largest absolute Gasteiger partial charge is 0.329 e. The fourth-order valence-electron chi connectivity index (χ4n) is 2.97. The second kappa shape index (κ2) is 5.07. The molecule has 0 aliphatic carbocycles. The van der Waals surface area contributed by atoms with E-state index in [1.807, 2.05) is 0 Å². The van der Waals surface area contributed by atoms with E-state index >= 15 is 0 Å². The summed E-state index contributed by atoms with van der Waals surface area (Å²) in [4.78, 5) is 2.71. The molecule has 2 rings (SSSR count). The van der Waals surface area contributed by atoms with Crippen molar-refractivity contribution in [1.82, 2.24) is 4.90 Å². The van der Waals surface area contributed by atoms with E-state index < -0.39 is 0 Å². The van der Waals surface area contributed by atoms with Crippen LogP contribution in [0.15, 0.2) is 0 Å². The Morgan fingerprint density at radius 1 is 1.53 bits per heavy atom. The van der Waals surface area contributed by atoms with Crippen LogP contribution in [-0.2, 0) is 0 Å². The lowest BCUT2D eigenvalue weighted by atomic mass is 9.88. The lowest BCUT2D eigenvalue weighted by Gasteiger charge is -2.44. The van der Waals surface area contributed by atoms with Gasteiger partial charge in [0.05, 0.1) is 0 Å². The van der Waals surface area contributed by atoms with E-state index in [-0.39, 0.29) is 0 Å². The molecule has 2 N–H and O–H groups in total. The van der Waals surface area contributed by atoms with E-state index in [9.17, 15) is 0 Å². The Morgan fingerprint density at radius 3 is 3.00 bits per heavy atom. The Labute approximate surface area is 98.0 Å². The quantitative estimate of drug-likeness (QED) is 0.800. The third-order valence-corrected chi connectivity index (χ3v) is 5.46. The highest BCUT2D eigenvalue weighted by Crippen LogP contribution is 2.35. The molecule has 0 bridgehead atoms. The van der Waals surface area contributed by atoms with Gasteiger partial charge in [0.1, 0.15) is 0 Å². The van der Waals surface area contributed by atoms with Crippen molar-refractivity contribution in [3.63, 3.8) is 0 Å². The molecule has 0 aromatic carbocycles. The van der Waals surface area contributed by atoms with E-state index in [2.05, 4.69) is 23.6 Å². The van der Waals surface area contributed by atoms with E-state index in [1.165, 1.54) is 50.3 Å². The van der Waals surface area contributed by atoms with Gasteiger partial charge in [-0.05, 0) is 37.5 Å². The topological polar surface area (TPSA) is 29.3 Å². The van der Waals surface area contributed by atoms with Crippen LogP contribution in [0.3, 0.4) is 0 Å². The number of nitrogens with two attached hydrogens (primary N) is 1. The van der Waals surface area contributed by atoms with Gasteiger partial charge in [-0.2, -0.15) is 11.8 Å². The van der Waals surface area contributed by atoms with E-state index in [4.69, 9.17) is 5.73 Å². The number of thioether (sulfide) groups is 1. The van der Waals surface area contributed by atoms with Gasteiger partial charge in [-0.15, -0.1) is 0 Å².